The van der Waals surface area contributed by atoms with E-state index < -0.39 is 34.7 Å². The van der Waals surface area contributed by atoms with Gasteiger partial charge in [-0.2, -0.15) is 19.9 Å². The van der Waals surface area contributed by atoms with Gasteiger partial charge in [0.05, 0.1) is 79.0 Å². The summed E-state index contributed by atoms with van der Waals surface area (Å²) < 4.78 is 62.1. The van der Waals surface area contributed by atoms with Crippen molar-refractivity contribution in [3.8, 4) is 23.5 Å². The SMILES string of the molecule is CCc1c(F)ccc2cc(O)cc(N3Cc4nc(OCC5(C)C[C@@H](OCc6c(O)cc(N7Cc8nc(OCC9(C)C[C@@H](O)CN9)nc(N9CCCOCC9)c8C7=O)c7c(CC)c(F)ccc67)CN5)nc(N5CCCOCC5)c4C3=O)c12. The normalized spacial score (nSPS) is 23.2. The summed E-state index contributed by atoms with van der Waals surface area (Å²) >= 11 is 0. The number of amides is 2. The van der Waals surface area contributed by atoms with Crippen LogP contribution in [0.25, 0.3) is 21.5 Å². The number of carbonyl (C=O) groups excluding carboxylic acids is 2. The number of nitrogens with one attached hydrogen (secondary N) is 2. The third-order valence-electron chi connectivity index (χ3n) is 16.7. The quantitative estimate of drug-likeness (QED) is 0.0752. The number of benzene rings is 4. The van der Waals surface area contributed by atoms with Crippen LogP contribution in [0.2, 0.25) is 0 Å². The molecule has 4 aromatic carbocycles. The van der Waals surface area contributed by atoms with E-state index in [0.717, 1.165) is 6.42 Å². The van der Waals surface area contributed by atoms with E-state index in [1.165, 1.54) is 34.1 Å². The Balaban J connectivity index is 0.784. The van der Waals surface area contributed by atoms with Crippen molar-refractivity contribution in [3.05, 3.63) is 93.3 Å². The number of aliphatic hydroxyl groups excluding tert-OH is 1. The number of hydrogen-bond donors (Lipinski definition) is 5. The second kappa shape index (κ2) is 22.0. The molecule has 6 aliphatic rings. The summed E-state index contributed by atoms with van der Waals surface area (Å²) in [4.78, 5) is 55.9. The molecule has 5 N–H and O–H groups in total. The highest BCUT2D eigenvalue weighted by Gasteiger charge is 2.42. The van der Waals surface area contributed by atoms with Gasteiger partial charge < -0.3 is 69.2 Å². The molecule has 0 spiro atoms. The van der Waals surface area contributed by atoms with Crippen molar-refractivity contribution in [1.82, 2.24) is 30.6 Å². The Morgan fingerprint density at radius 1 is 0.679 bits per heavy atom. The molecule has 428 valence electrons. The maximum Gasteiger partial charge on any atom is 0.318 e. The van der Waals surface area contributed by atoms with Gasteiger partial charge in [-0.3, -0.25) is 9.59 Å². The second-order valence-electron chi connectivity index (χ2n) is 22.6. The van der Waals surface area contributed by atoms with Crippen molar-refractivity contribution in [2.24, 2.45) is 0 Å². The molecule has 0 bridgehead atoms. The van der Waals surface area contributed by atoms with Crippen molar-refractivity contribution < 1.29 is 57.4 Å². The number of aliphatic hydroxyl groups is 1. The molecule has 2 amide bonds. The lowest BCUT2D eigenvalue weighted by molar-refractivity contribution is 0.0466. The Morgan fingerprint density at radius 3 is 1.81 bits per heavy atom. The number of aromatic hydroxyl groups is 2. The summed E-state index contributed by atoms with van der Waals surface area (Å²) in [7, 11) is 0. The third kappa shape index (κ3) is 10.4. The van der Waals surface area contributed by atoms with Crippen LogP contribution in [0.15, 0.2) is 42.5 Å². The fourth-order valence-corrected chi connectivity index (χ4v) is 12.6. The molecule has 8 heterocycles. The number of aryl methyl sites for hydroxylation is 2. The van der Waals surface area contributed by atoms with Crippen molar-refractivity contribution in [2.45, 2.75) is 109 Å². The largest absolute Gasteiger partial charge is 0.508 e. The summed E-state index contributed by atoms with van der Waals surface area (Å²) in [5.41, 5.74) is 2.32. The van der Waals surface area contributed by atoms with Crippen LogP contribution < -0.4 is 39.7 Å². The van der Waals surface area contributed by atoms with Crippen LogP contribution in [0.4, 0.5) is 31.8 Å². The maximum atomic E-state index is 16.0. The Labute approximate surface area is 467 Å². The highest BCUT2D eigenvalue weighted by Crippen LogP contribution is 2.45. The molecule has 2 aromatic heterocycles. The number of fused-ring (bicyclic) bond motifs is 4. The second-order valence-corrected chi connectivity index (χ2v) is 22.6. The van der Waals surface area contributed by atoms with E-state index in [4.69, 9.17) is 43.6 Å². The van der Waals surface area contributed by atoms with E-state index >= 15 is 8.78 Å². The Morgan fingerprint density at radius 2 is 1.23 bits per heavy atom. The number of ether oxygens (including phenoxy) is 5. The fourth-order valence-electron chi connectivity index (χ4n) is 12.6. The zero-order chi connectivity index (χ0) is 56.3. The van der Waals surface area contributed by atoms with Crippen LogP contribution >= 0.6 is 0 Å². The first kappa shape index (κ1) is 54.5. The van der Waals surface area contributed by atoms with E-state index in [9.17, 15) is 24.9 Å². The first-order chi connectivity index (χ1) is 39.1. The molecule has 6 aliphatic heterocycles. The number of aromatic nitrogens is 4. The average molecular weight is 1120 g/mol. The van der Waals surface area contributed by atoms with Crippen molar-refractivity contribution in [3.63, 3.8) is 0 Å². The van der Waals surface area contributed by atoms with Crippen LogP contribution in [0, 0.1) is 11.6 Å². The Hall–Kier alpha value is -7.08. The molecule has 81 heavy (non-hydrogen) atoms. The zero-order valence-electron chi connectivity index (χ0n) is 46.1. The standard InChI is InChI=1S/C59H68F2N10O10/c1-5-37-41(60)11-9-33-21-34(72)22-45(48(33)37)70-28-43-50(54(70)75)52(68-13-7-17-77-19-15-68)67-57(64-43)81-32-59(4)25-36(27-63-59)79-30-40-39-10-12-42(61)38(6-2)49(39)46(23-47(40)74)71-29-44-51(55(71)76)53(69-14-8-18-78-20-16-69)66-56(65-44)80-31-58(3)24-35(73)26-62-58/h9-12,21-23,35-36,62-63,72-74H,5-8,13-20,24-32H2,1-4H3/t35-,36-,58?,59?/m1/s1. The summed E-state index contributed by atoms with van der Waals surface area (Å²) in [6.45, 7) is 13.0. The van der Waals surface area contributed by atoms with Gasteiger partial charge in [0.25, 0.3) is 11.8 Å². The molecule has 4 fully saturated rings. The predicted molar refractivity (Wildman–Crippen MR) is 298 cm³/mol. The number of phenols is 2. The van der Waals surface area contributed by atoms with Crippen LogP contribution in [0.3, 0.4) is 0 Å². The number of nitrogens with zero attached hydrogens (tertiary/aromatic N) is 8. The molecule has 2 unspecified atom stereocenters. The van der Waals surface area contributed by atoms with Crippen LogP contribution in [0.5, 0.6) is 23.5 Å². The number of phenolic OH excluding ortho intramolecular Hbond substituents is 2. The van der Waals surface area contributed by atoms with Crippen LogP contribution in [0.1, 0.15) is 102 Å². The highest BCUT2D eigenvalue weighted by atomic mass is 19.1. The van der Waals surface area contributed by atoms with Crippen molar-refractivity contribution >= 4 is 56.4 Å². The third-order valence-corrected chi connectivity index (χ3v) is 16.7. The molecule has 20 nitrogen and oxygen atoms in total. The van der Waals surface area contributed by atoms with Gasteiger partial charge in [0.15, 0.2) is 0 Å². The molecular formula is C59H68F2N10O10. The summed E-state index contributed by atoms with van der Waals surface area (Å²) in [6.07, 6.45) is 2.23. The molecule has 0 saturated carbocycles. The van der Waals surface area contributed by atoms with E-state index in [2.05, 4.69) is 10.6 Å². The smallest absolute Gasteiger partial charge is 0.318 e. The molecule has 4 saturated heterocycles. The maximum absolute atomic E-state index is 16.0. The van der Waals surface area contributed by atoms with Crippen molar-refractivity contribution in [1.29, 1.82) is 0 Å². The number of carbonyl (C=O) groups is 2. The Bertz CT molecular complexity index is 3450. The first-order valence-corrected chi connectivity index (χ1v) is 28.2. The van der Waals surface area contributed by atoms with E-state index in [0.29, 0.717) is 182 Å². The lowest BCUT2D eigenvalue weighted by Gasteiger charge is -2.26. The molecule has 0 aliphatic carbocycles. The molecule has 6 aromatic rings. The topological polar surface area (TPSA) is 230 Å². The van der Waals surface area contributed by atoms with Gasteiger partial charge in [-0.25, -0.2) is 8.78 Å². The van der Waals surface area contributed by atoms with Crippen LogP contribution in [-0.4, -0.2) is 149 Å². The molecule has 12 rings (SSSR count). The molecular weight excluding hydrogens is 1050 g/mol. The number of anilines is 4. The van der Waals surface area contributed by atoms with Gasteiger partial charge >= 0.3 is 12.0 Å². The van der Waals surface area contributed by atoms with E-state index in [1.807, 2.05) is 37.5 Å². The fraction of sp³-hybridized carbons (Fsp3) is 0.492. The summed E-state index contributed by atoms with van der Waals surface area (Å²) in [5, 5.41) is 42.1. The lowest BCUT2D eigenvalue weighted by Crippen LogP contribution is -2.42. The number of rotatable bonds is 15. The van der Waals surface area contributed by atoms with Gasteiger partial charge in [-0.15, -0.1) is 0 Å². The minimum atomic E-state index is -0.634. The van der Waals surface area contributed by atoms with Gasteiger partial charge in [0, 0.05) is 81.0 Å². The van der Waals surface area contributed by atoms with Crippen LogP contribution in [-0.2, 0) is 46.7 Å². The van der Waals surface area contributed by atoms with E-state index in [-0.39, 0.29) is 68.4 Å². The zero-order valence-corrected chi connectivity index (χ0v) is 46.1. The van der Waals surface area contributed by atoms with Crippen molar-refractivity contribution in [2.75, 3.05) is 98.5 Å². The van der Waals surface area contributed by atoms with Gasteiger partial charge in [-0.1, -0.05) is 26.0 Å². The highest BCUT2D eigenvalue weighted by molar-refractivity contribution is 6.18. The predicted octanol–water partition coefficient (Wildman–Crippen LogP) is 6.37. The lowest BCUT2D eigenvalue weighted by atomic mass is 9.95. The molecule has 0 radical (unpaired) electrons. The number of β-amino-alcohol motifs (C(OH)–C–C–N with tert-alkyl or cyclic N) is 1. The molecule has 4 atom stereocenters. The van der Waals surface area contributed by atoms with Gasteiger partial charge in [0.1, 0.15) is 59.1 Å². The summed E-state index contributed by atoms with van der Waals surface area (Å²) in [5.74, 6) is -0.949. The van der Waals surface area contributed by atoms with Gasteiger partial charge in [-0.05, 0) is 92.5 Å². The number of halogens is 2. The summed E-state index contributed by atoms with van der Waals surface area (Å²) in [6, 6.07) is 10.7. The number of hydrogen-bond acceptors (Lipinski definition) is 18. The van der Waals surface area contributed by atoms with E-state index in [1.54, 1.807) is 18.2 Å². The first-order valence-electron chi connectivity index (χ1n) is 28.2. The Kier molecular flexibility index (Phi) is 14.8. The average Bonchev–Trinajstić information content (AvgIpc) is 4.20. The molecule has 22 heteroatoms. The van der Waals surface area contributed by atoms with Gasteiger partial charge in [0.2, 0.25) is 0 Å². The minimum absolute atomic E-state index is 0.0112. The monoisotopic (exact) mass is 1110 g/mol. The minimum Gasteiger partial charge on any atom is -0.508 e.